The molecule has 0 unspecified atom stereocenters. The largest absolute Gasteiger partial charge is 0.450 e. The van der Waals surface area contributed by atoms with Crippen molar-refractivity contribution < 1.29 is 22.8 Å². The first-order valence-corrected chi connectivity index (χ1v) is 4.02. The second kappa shape index (κ2) is 3.91. The smallest absolute Gasteiger partial charge is 0.297 e. The number of ketones is 2. The molecular weight excluding hydrogens is 225 g/mol. The van der Waals surface area contributed by atoms with Crippen molar-refractivity contribution in [3.05, 3.63) is 0 Å². The van der Waals surface area contributed by atoms with Crippen molar-refractivity contribution in [2.45, 2.75) is 23.6 Å². The molecule has 0 aromatic carbocycles. The lowest BCUT2D eigenvalue weighted by Gasteiger charge is -2.14. The zero-order valence-electron chi connectivity index (χ0n) is 6.55. The fourth-order valence-electron chi connectivity index (χ4n) is 0.413. The Hall–Kier alpha value is -0.170. The van der Waals surface area contributed by atoms with E-state index < -0.39 is 28.2 Å². The Morgan fingerprint density at radius 3 is 1.77 bits per heavy atom. The highest BCUT2D eigenvalue weighted by Crippen LogP contribution is 2.24. The van der Waals surface area contributed by atoms with Gasteiger partial charge in [0.15, 0.2) is 5.78 Å². The third-order valence-corrected chi connectivity index (χ3v) is 1.66. The molecule has 0 bridgehead atoms. The minimum Gasteiger partial charge on any atom is -0.297 e. The maximum absolute atomic E-state index is 11.6. The van der Waals surface area contributed by atoms with Crippen LogP contribution in [-0.2, 0) is 9.59 Å². The average molecular weight is 232 g/mol. The van der Waals surface area contributed by atoms with E-state index in [1.54, 1.807) is 0 Å². The average Bonchev–Trinajstić information content (AvgIpc) is 1.82. The van der Waals surface area contributed by atoms with Crippen LogP contribution in [0.4, 0.5) is 13.2 Å². The molecule has 0 atom stereocenters. The van der Waals surface area contributed by atoms with Gasteiger partial charge in [-0.05, 0) is 6.92 Å². The van der Waals surface area contributed by atoms with Crippen molar-refractivity contribution in [2.24, 2.45) is 0 Å². The molecule has 0 rings (SSSR count). The van der Waals surface area contributed by atoms with E-state index in [2.05, 4.69) is 25.3 Å². The van der Waals surface area contributed by atoms with Gasteiger partial charge in [0.05, 0.1) is 6.42 Å². The summed E-state index contributed by atoms with van der Waals surface area (Å²) < 4.78 is 33.4. The zero-order chi connectivity index (χ0) is 10.9. The van der Waals surface area contributed by atoms with E-state index in [-0.39, 0.29) is 0 Å². The molecule has 0 aliphatic rings. The first-order valence-electron chi connectivity index (χ1n) is 3.13. The fraction of sp³-hybridized carbons (Fsp3) is 0.667. The molecule has 0 fully saturated rings. The lowest BCUT2D eigenvalue weighted by Crippen LogP contribution is -2.31. The highest BCUT2D eigenvalue weighted by Gasteiger charge is 2.41. The number of rotatable bonds is 3. The minimum atomic E-state index is -4.97. The Labute approximate surface area is 83.7 Å². The van der Waals surface area contributed by atoms with Gasteiger partial charge >= 0.3 is 6.18 Å². The summed E-state index contributed by atoms with van der Waals surface area (Å²) >= 11 is 7.23. The highest BCUT2D eigenvalue weighted by molar-refractivity contribution is 8.01. The third-order valence-electron chi connectivity index (χ3n) is 1.17. The minimum absolute atomic E-state index is 0.971. The monoisotopic (exact) mass is 232 g/mol. The van der Waals surface area contributed by atoms with Crippen LogP contribution in [0.3, 0.4) is 0 Å². The molecule has 13 heavy (non-hydrogen) atoms. The van der Waals surface area contributed by atoms with Gasteiger partial charge < -0.3 is 0 Å². The molecule has 76 valence electrons. The van der Waals surface area contributed by atoms with E-state index in [9.17, 15) is 22.8 Å². The molecule has 0 spiro atoms. The quantitative estimate of drug-likeness (QED) is 0.441. The molecule has 0 radical (unpaired) electrons. The van der Waals surface area contributed by atoms with Crippen LogP contribution in [0.5, 0.6) is 0 Å². The van der Waals surface area contributed by atoms with Crippen LogP contribution in [0, 0.1) is 0 Å². The summed E-state index contributed by atoms with van der Waals surface area (Å²) in [6.07, 6.45) is -6.19. The number of Topliss-reactive ketones (excluding diaryl/α,β-unsaturated/α-hetero) is 2. The summed E-state index contributed by atoms with van der Waals surface area (Å²) in [6.45, 7) is 1.20. The van der Waals surface area contributed by atoms with Gasteiger partial charge in [0.25, 0.3) is 0 Å². The van der Waals surface area contributed by atoms with Crippen LogP contribution in [0.1, 0.15) is 13.3 Å². The molecule has 0 aliphatic carbocycles. The first-order chi connectivity index (χ1) is 5.55. The maximum atomic E-state index is 11.6. The molecule has 0 aliphatic heterocycles. The summed E-state index contributed by atoms with van der Waals surface area (Å²) in [5.74, 6) is -3.05. The van der Waals surface area contributed by atoms with Gasteiger partial charge in [-0.1, -0.05) is 0 Å². The molecule has 7 heteroatoms. The van der Waals surface area contributed by atoms with Crippen molar-refractivity contribution in [1.29, 1.82) is 0 Å². The maximum Gasteiger partial charge on any atom is 0.450 e. The van der Waals surface area contributed by atoms with Crippen molar-refractivity contribution >= 4 is 36.8 Å². The van der Waals surface area contributed by atoms with Gasteiger partial charge in [0.1, 0.15) is 4.08 Å². The molecular formula is C6H7F3O2S2. The Balaban J connectivity index is 4.34. The predicted molar refractivity (Wildman–Crippen MR) is 47.1 cm³/mol. The normalized spacial score (nSPS) is 12.8. The fourth-order valence-corrected chi connectivity index (χ4v) is 0.572. The first kappa shape index (κ1) is 12.8. The van der Waals surface area contributed by atoms with Gasteiger partial charge in [0, 0.05) is 0 Å². The molecule has 2 nitrogen and oxygen atoms in total. The van der Waals surface area contributed by atoms with E-state index in [1.165, 1.54) is 6.92 Å². The van der Waals surface area contributed by atoms with Crippen LogP contribution in [-0.4, -0.2) is 21.8 Å². The summed E-state index contributed by atoms with van der Waals surface area (Å²) in [5, 5.41) is 0. The van der Waals surface area contributed by atoms with Crippen molar-refractivity contribution in [3.63, 3.8) is 0 Å². The van der Waals surface area contributed by atoms with Crippen LogP contribution < -0.4 is 0 Å². The second-order valence-electron chi connectivity index (χ2n) is 2.54. The van der Waals surface area contributed by atoms with Gasteiger partial charge in [-0.15, -0.1) is 0 Å². The summed E-state index contributed by atoms with van der Waals surface area (Å²) in [6, 6.07) is 0. The topological polar surface area (TPSA) is 34.1 Å². The molecule has 0 saturated carbocycles. The number of hydrogen-bond donors (Lipinski definition) is 2. The Morgan fingerprint density at radius 1 is 1.15 bits per heavy atom. The van der Waals surface area contributed by atoms with Crippen molar-refractivity contribution in [3.8, 4) is 0 Å². The molecule has 0 heterocycles. The number of carbonyl (C=O) groups excluding carboxylic acids is 2. The van der Waals surface area contributed by atoms with Crippen LogP contribution in [0.2, 0.25) is 0 Å². The molecule has 0 aromatic heterocycles. The lowest BCUT2D eigenvalue weighted by molar-refractivity contribution is -0.171. The molecule has 0 saturated heterocycles. The van der Waals surface area contributed by atoms with Crippen molar-refractivity contribution in [2.75, 3.05) is 0 Å². The molecule has 0 amide bonds. The van der Waals surface area contributed by atoms with Crippen LogP contribution >= 0.6 is 25.3 Å². The van der Waals surface area contributed by atoms with Crippen LogP contribution in [0.15, 0.2) is 0 Å². The van der Waals surface area contributed by atoms with E-state index in [0.717, 1.165) is 0 Å². The molecule has 0 N–H and O–H groups in total. The zero-order valence-corrected chi connectivity index (χ0v) is 8.34. The summed E-state index contributed by atoms with van der Waals surface area (Å²) in [7, 11) is 0. The number of carbonyl (C=O) groups is 2. The van der Waals surface area contributed by atoms with Gasteiger partial charge in [-0.25, -0.2) is 0 Å². The lowest BCUT2D eigenvalue weighted by atomic mass is 10.1. The predicted octanol–water partition coefficient (Wildman–Crippen LogP) is 1.65. The second-order valence-corrected chi connectivity index (χ2v) is 4.68. The van der Waals surface area contributed by atoms with Gasteiger partial charge in [-0.2, -0.15) is 38.4 Å². The Kier molecular flexibility index (Phi) is 3.86. The Bertz CT molecular complexity index is 205. The summed E-state index contributed by atoms with van der Waals surface area (Å²) in [5.41, 5.74) is 0. The molecule has 0 aromatic rings. The van der Waals surface area contributed by atoms with Crippen LogP contribution in [0.25, 0.3) is 0 Å². The van der Waals surface area contributed by atoms with Gasteiger partial charge in [0.2, 0.25) is 5.78 Å². The standard InChI is InChI=1S/C6H7F3O2S2/c1-5(12,13)3(10)2-4(11)6(7,8)9/h12-13H,2H2,1H3. The van der Waals surface area contributed by atoms with E-state index >= 15 is 0 Å². The number of thiol groups is 2. The third kappa shape index (κ3) is 4.56. The number of alkyl halides is 3. The SMILES string of the molecule is CC(S)(S)C(=O)CC(=O)C(F)(F)F. The Morgan fingerprint density at radius 2 is 1.54 bits per heavy atom. The summed E-state index contributed by atoms with van der Waals surface area (Å²) in [4.78, 5) is 21.2. The number of halogens is 3. The van der Waals surface area contributed by atoms with E-state index in [1.807, 2.05) is 0 Å². The number of hydrogen-bond acceptors (Lipinski definition) is 4. The van der Waals surface area contributed by atoms with Gasteiger partial charge in [-0.3, -0.25) is 9.59 Å². The highest BCUT2D eigenvalue weighted by atomic mass is 32.2. The van der Waals surface area contributed by atoms with E-state index in [0.29, 0.717) is 0 Å². The van der Waals surface area contributed by atoms with E-state index in [4.69, 9.17) is 0 Å². The van der Waals surface area contributed by atoms with Crippen molar-refractivity contribution in [1.82, 2.24) is 0 Å².